The van der Waals surface area contributed by atoms with Gasteiger partial charge in [-0.3, -0.25) is 14.5 Å². The number of rotatable bonds is 7. The summed E-state index contributed by atoms with van der Waals surface area (Å²) in [6.45, 7) is 7.27. The van der Waals surface area contributed by atoms with E-state index >= 15 is 0 Å². The van der Waals surface area contributed by atoms with Gasteiger partial charge in [0.2, 0.25) is 5.91 Å². The Hall–Kier alpha value is -2.10. The summed E-state index contributed by atoms with van der Waals surface area (Å²) in [7, 11) is 1.97. The molecule has 1 unspecified atom stereocenters. The molecular formula is C25H37IN6O. The lowest BCUT2D eigenvalue weighted by atomic mass is 9.99. The van der Waals surface area contributed by atoms with Crippen LogP contribution in [0.5, 0.6) is 0 Å². The van der Waals surface area contributed by atoms with Crippen molar-refractivity contribution in [1.29, 1.82) is 0 Å². The fourth-order valence-corrected chi connectivity index (χ4v) is 4.81. The van der Waals surface area contributed by atoms with Crippen LogP contribution in [-0.2, 0) is 31.2 Å². The Labute approximate surface area is 214 Å². The summed E-state index contributed by atoms with van der Waals surface area (Å²) in [6, 6.07) is 8.45. The normalized spacial score (nSPS) is 18.1. The standard InChI is InChI=1S/C25H36N6O.HI/c1-3-26-25(31-13-10-20(18-31)15-21-16-28-29(2)17-21)27-12-6-9-24(32)30-14-11-22-7-4-5-8-23(22)19-30;/h4-5,7-8,16-17,20H,3,6,9-15,18-19H2,1-2H3,(H,26,27);1H. The summed E-state index contributed by atoms with van der Waals surface area (Å²) in [6.07, 6.45) is 8.64. The SMILES string of the molecule is CCNC(=NCCCC(=O)N1CCc2ccccc2C1)N1CCC(Cc2cnn(C)c2)C1.I. The highest BCUT2D eigenvalue weighted by Gasteiger charge is 2.25. The van der Waals surface area contributed by atoms with Gasteiger partial charge in [0.15, 0.2) is 5.96 Å². The van der Waals surface area contributed by atoms with Gasteiger partial charge in [-0.25, -0.2) is 0 Å². The van der Waals surface area contributed by atoms with Crippen molar-refractivity contribution in [2.75, 3.05) is 32.7 Å². The van der Waals surface area contributed by atoms with Gasteiger partial charge in [0.1, 0.15) is 0 Å². The maximum atomic E-state index is 12.7. The number of hydrogen-bond acceptors (Lipinski definition) is 3. The number of amides is 1. The average Bonchev–Trinajstić information content (AvgIpc) is 3.44. The number of fused-ring (bicyclic) bond motifs is 1. The first-order valence-corrected chi connectivity index (χ1v) is 12.0. The van der Waals surface area contributed by atoms with Gasteiger partial charge in [0, 0.05) is 58.9 Å². The van der Waals surface area contributed by atoms with Gasteiger partial charge in [-0.05, 0) is 55.2 Å². The minimum atomic E-state index is 0. The maximum Gasteiger partial charge on any atom is 0.222 e. The van der Waals surface area contributed by atoms with Crippen LogP contribution in [0.4, 0.5) is 0 Å². The van der Waals surface area contributed by atoms with E-state index in [1.54, 1.807) is 0 Å². The molecule has 2 aromatic rings. The second-order valence-electron chi connectivity index (χ2n) is 9.00. The van der Waals surface area contributed by atoms with E-state index in [-0.39, 0.29) is 29.9 Å². The van der Waals surface area contributed by atoms with Crippen molar-refractivity contribution in [1.82, 2.24) is 24.9 Å². The summed E-state index contributed by atoms with van der Waals surface area (Å²) in [5, 5.41) is 7.73. The van der Waals surface area contributed by atoms with E-state index < -0.39 is 0 Å². The Morgan fingerprint density at radius 3 is 2.79 bits per heavy atom. The van der Waals surface area contributed by atoms with Crippen LogP contribution in [0.2, 0.25) is 0 Å². The van der Waals surface area contributed by atoms with E-state index in [1.807, 2.05) is 22.8 Å². The molecule has 1 aromatic carbocycles. The smallest absolute Gasteiger partial charge is 0.222 e. The lowest BCUT2D eigenvalue weighted by molar-refractivity contribution is -0.132. The summed E-state index contributed by atoms with van der Waals surface area (Å²) in [5.74, 6) is 1.87. The number of halogens is 1. The van der Waals surface area contributed by atoms with Gasteiger partial charge in [-0.2, -0.15) is 5.10 Å². The van der Waals surface area contributed by atoms with E-state index in [1.165, 1.54) is 23.1 Å². The number of aliphatic imine (C=N–C) groups is 1. The van der Waals surface area contributed by atoms with Crippen LogP contribution < -0.4 is 5.32 Å². The third-order valence-electron chi connectivity index (χ3n) is 6.50. The van der Waals surface area contributed by atoms with Crippen LogP contribution in [0.15, 0.2) is 41.7 Å². The van der Waals surface area contributed by atoms with Crippen molar-refractivity contribution in [2.24, 2.45) is 18.0 Å². The Balaban J connectivity index is 0.00000306. The molecule has 0 saturated carbocycles. The molecule has 1 aromatic heterocycles. The summed E-state index contributed by atoms with van der Waals surface area (Å²) < 4.78 is 1.87. The lowest BCUT2D eigenvalue weighted by Gasteiger charge is -2.29. The Kier molecular flexibility index (Phi) is 9.58. The van der Waals surface area contributed by atoms with Gasteiger partial charge in [0.05, 0.1) is 6.20 Å². The minimum absolute atomic E-state index is 0. The predicted octanol–water partition coefficient (Wildman–Crippen LogP) is 3.23. The molecule has 0 bridgehead atoms. The number of benzene rings is 1. The number of guanidine groups is 1. The molecule has 33 heavy (non-hydrogen) atoms. The van der Waals surface area contributed by atoms with E-state index in [0.29, 0.717) is 18.9 Å². The quantitative estimate of drug-likeness (QED) is 0.243. The lowest BCUT2D eigenvalue weighted by Crippen LogP contribution is -2.40. The third kappa shape index (κ3) is 6.94. The molecule has 3 heterocycles. The summed E-state index contributed by atoms with van der Waals surface area (Å²) in [4.78, 5) is 21.9. The molecule has 1 atom stereocenters. The second-order valence-corrected chi connectivity index (χ2v) is 9.00. The molecule has 180 valence electrons. The van der Waals surface area contributed by atoms with Crippen LogP contribution in [0.25, 0.3) is 0 Å². The fourth-order valence-electron chi connectivity index (χ4n) is 4.81. The molecule has 2 aliphatic rings. The molecule has 0 radical (unpaired) electrons. The Bertz CT molecular complexity index is 942. The van der Waals surface area contributed by atoms with Crippen molar-refractivity contribution >= 4 is 35.8 Å². The highest BCUT2D eigenvalue weighted by molar-refractivity contribution is 14.0. The van der Waals surface area contributed by atoms with Crippen molar-refractivity contribution in [3.8, 4) is 0 Å². The number of nitrogens with one attached hydrogen (secondary N) is 1. The van der Waals surface area contributed by atoms with Crippen LogP contribution in [0.3, 0.4) is 0 Å². The molecule has 1 saturated heterocycles. The molecule has 1 amide bonds. The van der Waals surface area contributed by atoms with E-state index in [9.17, 15) is 4.79 Å². The molecule has 8 heteroatoms. The molecule has 7 nitrogen and oxygen atoms in total. The number of aryl methyl sites for hydroxylation is 1. The zero-order valence-electron chi connectivity index (χ0n) is 19.9. The van der Waals surface area contributed by atoms with Crippen LogP contribution >= 0.6 is 24.0 Å². The maximum absolute atomic E-state index is 12.7. The minimum Gasteiger partial charge on any atom is -0.357 e. The van der Waals surface area contributed by atoms with Crippen LogP contribution in [0, 0.1) is 5.92 Å². The summed E-state index contributed by atoms with van der Waals surface area (Å²) >= 11 is 0. The zero-order chi connectivity index (χ0) is 22.3. The molecule has 4 rings (SSSR count). The van der Waals surface area contributed by atoms with Crippen molar-refractivity contribution in [2.45, 2.75) is 45.6 Å². The molecule has 2 aliphatic heterocycles. The van der Waals surface area contributed by atoms with Gasteiger partial charge >= 0.3 is 0 Å². The largest absolute Gasteiger partial charge is 0.357 e. The van der Waals surface area contributed by atoms with Crippen molar-refractivity contribution in [3.63, 3.8) is 0 Å². The first kappa shape index (κ1) is 25.5. The molecular weight excluding hydrogens is 527 g/mol. The van der Waals surface area contributed by atoms with Crippen LogP contribution in [-0.4, -0.2) is 64.2 Å². The van der Waals surface area contributed by atoms with Gasteiger partial charge in [0.25, 0.3) is 0 Å². The van der Waals surface area contributed by atoms with Crippen molar-refractivity contribution < 1.29 is 4.79 Å². The highest BCUT2D eigenvalue weighted by atomic mass is 127. The number of aromatic nitrogens is 2. The second kappa shape index (κ2) is 12.4. The molecule has 0 spiro atoms. The van der Waals surface area contributed by atoms with Gasteiger partial charge in [-0.1, -0.05) is 24.3 Å². The number of carbonyl (C=O) groups is 1. The number of likely N-dealkylation sites (tertiary alicyclic amines) is 1. The molecule has 1 fully saturated rings. The number of carbonyl (C=O) groups excluding carboxylic acids is 1. The predicted molar refractivity (Wildman–Crippen MR) is 143 cm³/mol. The number of nitrogens with zero attached hydrogens (tertiary/aromatic N) is 5. The van der Waals surface area contributed by atoms with Crippen molar-refractivity contribution in [3.05, 3.63) is 53.3 Å². The Morgan fingerprint density at radius 2 is 2.03 bits per heavy atom. The van der Waals surface area contributed by atoms with E-state index in [2.05, 4.69) is 52.7 Å². The average molecular weight is 565 g/mol. The van der Waals surface area contributed by atoms with Gasteiger partial charge in [-0.15, -0.1) is 24.0 Å². The third-order valence-corrected chi connectivity index (χ3v) is 6.50. The first-order chi connectivity index (χ1) is 15.6. The van der Waals surface area contributed by atoms with Crippen LogP contribution in [0.1, 0.15) is 42.9 Å². The number of hydrogen-bond donors (Lipinski definition) is 1. The van der Waals surface area contributed by atoms with E-state index in [4.69, 9.17) is 4.99 Å². The summed E-state index contributed by atoms with van der Waals surface area (Å²) in [5.41, 5.74) is 3.97. The first-order valence-electron chi connectivity index (χ1n) is 12.0. The zero-order valence-corrected chi connectivity index (χ0v) is 22.2. The van der Waals surface area contributed by atoms with Gasteiger partial charge < -0.3 is 15.1 Å². The topological polar surface area (TPSA) is 65.8 Å². The molecule has 1 N–H and O–H groups in total. The van der Waals surface area contributed by atoms with E-state index in [0.717, 1.165) is 57.9 Å². The monoisotopic (exact) mass is 564 g/mol. The fraction of sp³-hybridized carbons (Fsp3) is 0.560. The molecule has 0 aliphatic carbocycles. The Morgan fingerprint density at radius 1 is 1.21 bits per heavy atom. The highest BCUT2D eigenvalue weighted by Crippen LogP contribution is 2.21.